The van der Waals surface area contributed by atoms with Crippen molar-refractivity contribution in [1.29, 1.82) is 0 Å². The van der Waals surface area contributed by atoms with Crippen LogP contribution in [0.2, 0.25) is 0 Å². The van der Waals surface area contributed by atoms with E-state index in [1.807, 2.05) is 54.6 Å². The molecular weight excluding hydrogens is 410 g/mol. The van der Waals surface area contributed by atoms with Crippen LogP contribution >= 0.6 is 0 Å². The number of nitrogens with zero attached hydrogens (tertiary/aromatic N) is 1. The number of amides is 1. The van der Waals surface area contributed by atoms with Gasteiger partial charge in [0.1, 0.15) is 24.2 Å². The molecule has 168 valence electrons. The fourth-order valence-electron chi connectivity index (χ4n) is 4.24. The Morgan fingerprint density at radius 2 is 1.91 bits per heavy atom. The van der Waals surface area contributed by atoms with Crippen molar-refractivity contribution >= 4 is 16.9 Å². The van der Waals surface area contributed by atoms with Gasteiger partial charge in [0.15, 0.2) is 0 Å². The molecule has 0 saturated carbocycles. The first-order valence-corrected chi connectivity index (χ1v) is 10.7. The summed E-state index contributed by atoms with van der Waals surface area (Å²) in [5.41, 5.74) is 1.85. The average Bonchev–Trinajstić information content (AvgIpc) is 2.81. The van der Waals surface area contributed by atoms with Gasteiger partial charge in [0, 0.05) is 24.4 Å². The number of hydrogen-bond acceptors (Lipinski definition) is 6. The number of carbonyl (C=O) groups excluding carboxylic acids is 1. The molecule has 2 unspecified atom stereocenters. The van der Waals surface area contributed by atoms with Gasteiger partial charge in [-0.05, 0) is 47.2 Å². The van der Waals surface area contributed by atoms with Gasteiger partial charge in [-0.2, -0.15) is 0 Å². The Kier molecular flexibility index (Phi) is 6.78. The van der Waals surface area contributed by atoms with Crippen LogP contribution < -0.4 is 9.84 Å². The van der Waals surface area contributed by atoms with Gasteiger partial charge in [0.25, 0.3) is 0 Å². The molecule has 1 aliphatic rings. The molecule has 0 bridgehead atoms. The zero-order chi connectivity index (χ0) is 22.5. The minimum Gasteiger partial charge on any atom is -0.530 e. The third-order valence-corrected chi connectivity index (χ3v) is 5.85. The molecule has 3 aromatic rings. The molecule has 1 fully saturated rings. The van der Waals surface area contributed by atoms with Crippen LogP contribution in [0, 0.1) is 0 Å². The van der Waals surface area contributed by atoms with E-state index in [2.05, 4.69) is 0 Å². The van der Waals surface area contributed by atoms with E-state index in [4.69, 9.17) is 14.6 Å². The van der Waals surface area contributed by atoms with Crippen molar-refractivity contribution in [3.05, 3.63) is 71.8 Å². The molecule has 1 aliphatic heterocycles. The number of carboxylic acid groups (broad SMARTS) is 1. The Labute approximate surface area is 186 Å². The van der Waals surface area contributed by atoms with E-state index in [9.17, 15) is 15.0 Å². The number of aliphatic hydroxyl groups is 1. The number of ether oxygens (including phenoxy) is 2. The fourth-order valence-corrected chi connectivity index (χ4v) is 4.24. The van der Waals surface area contributed by atoms with Gasteiger partial charge in [0.05, 0.1) is 19.3 Å². The third-order valence-electron chi connectivity index (χ3n) is 5.85. The normalized spacial score (nSPS) is 18.6. The molecule has 1 heterocycles. The first kappa shape index (κ1) is 21.9. The van der Waals surface area contributed by atoms with E-state index in [0.717, 1.165) is 21.9 Å². The molecule has 32 heavy (non-hydrogen) atoms. The predicted molar refractivity (Wildman–Crippen MR) is 118 cm³/mol. The highest BCUT2D eigenvalue weighted by atomic mass is 16.5. The van der Waals surface area contributed by atoms with Gasteiger partial charge >= 0.3 is 0 Å². The zero-order valence-corrected chi connectivity index (χ0v) is 17.6. The van der Waals surface area contributed by atoms with Crippen LogP contribution in [0.25, 0.3) is 10.8 Å². The minimum absolute atomic E-state index is 0.00606. The number of phenolic OH excluding ortho intramolecular Hbond substituents is 1. The van der Waals surface area contributed by atoms with Crippen LogP contribution in [0.15, 0.2) is 60.7 Å². The maximum Gasteiger partial charge on any atom is 0.137 e. The van der Waals surface area contributed by atoms with Crippen molar-refractivity contribution in [2.75, 3.05) is 26.3 Å². The molecule has 2 atom stereocenters. The number of fused-ring (bicyclic) bond motifs is 1. The SMILES string of the molecule is O=C([O-])N1CCC(c2ccc(OCCO)cc2)C(OCc2cc(O)c3ccccc3c2)C1. The number of rotatable bonds is 7. The lowest BCUT2D eigenvalue weighted by Crippen LogP contribution is -2.51. The van der Waals surface area contributed by atoms with Crippen molar-refractivity contribution in [2.45, 2.75) is 25.0 Å². The van der Waals surface area contributed by atoms with Crippen molar-refractivity contribution < 1.29 is 29.6 Å². The summed E-state index contributed by atoms with van der Waals surface area (Å²) in [6.07, 6.45) is -0.953. The molecular formula is C25H26NO6-. The molecule has 0 aliphatic carbocycles. The van der Waals surface area contributed by atoms with Crippen molar-refractivity contribution in [3.63, 3.8) is 0 Å². The van der Waals surface area contributed by atoms with E-state index in [0.29, 0.717) is 18.7 Å². The molecule has 0 aromatic heterocycles. The summed E-state index contributed by atoms with van der Waals surface area (Å²) in [6.45, 7) is 1.03. The highest BCUT2D eigenvalue weighted by Crippen LogP contribution is 2.33. The number of likely N-dealkylation sites (tertiary alicyclic amines) is 1. The summed E-state index contributed by atoms with van der Waals surface area (Å²) in [5.74, 6) is 0.863. The van der Waals surface area contributed by atoms with Gasteiger partial charge in [-0.1, -0.05) is 36.4 Å². The highest BCUT2D eigenvalue weighted by Gasteiger charge is 2.31. The Morgan fingerprint density at radius 3 is 2.66 bits per heavy atom. The lowest BCUT2D eigenvalue weighted by atomic mass is 9.87. The lowest BCUT2D eigenvalue weighted by molar-refractivity contribution is -0.268. The van der Waals surface area contributed by atoms with Crippen LogP contribution in [0.1, 0.15) is 23.5 Å². The zero-order valence-electron chi connectivity index (χ0n) is 17.6. The molecule has 3 aromatic carbocycles. The second kappa shape index (κ2) is 9.89. The van der Waals surface area contributed by atoms with E-state index in [1.54, 1.807) is 6.07 Å². The molecule has 1 amide bonds. The quantitative estimate of drug-likeness (QED) is 0.590. The van der Waals surface area contributed by atoms with Crippen LogP contribution in [-0.4, -0.2) is 53.6 Å². The molecule has 4 rings (SSSR count). The average molecular weight is 436 g/mol. The Bertz CT molecular complexity index is 1070. The molecule has 1 saturated heterocycles. The van der Waals surface area contributed by atoms with E-state index in [-0.39, 0.29) is 44.1 Å². The summed E-state index contributed by atoms with van der Waals surface area (Å²) >= 11 is 0. The number of phenols is 1. The summed E-state index contributed by atoms with van der Waals surface area (Å²) in [6, 6.07) is 18.8. The smallest absolute Gasteiger partial charge is 0.137 e. The first-order valence-electron chi connectivity index (χ1n) is 10.7. The number of benzene rings is 3. The van der Waals surface area contributed by atoms with Crippen molar-refractivity contribution in [1.82, 2.24) is 4.90 Å². The van der Waals surface area contributed by atoms with Gasteiger partial charge in [-0.3, -0.25) is 0 Å². The van der Waals surface area contributed by atoms with Crippen molar-refractivity contribution in [2.24, 2.45) is 0 Å². The minimum atomic E-state index is -1.20. The standard InChI is InChI=1S/C25H27NO6/c27-11-12-31-20-7-5-18(6-8-20)22-9-10-26(25(29)30)15-24(22)32-16-17-13-19-3-1-2-4-21(19)23(28)14-17/h1-8,13-14,22,24,27-28H,9-12,15-16H2,(H,29,30)/p-1. The Hall–Kier alpha value is -3.29. The van der Waals surface area contributed by atoms with E-state index in [1.165, 1.54) is 4.90 Å². The topological polar surface area (TPSA) is 102 Å². The third kappa shape index (κ3) is 4.95. The summed E-state index contributed by atoms with van der Waals surface area (Å²) in [5, 5.41) is 32.4. The maximum absolute atomic E-state index is 11.4. The second-order valence-corrected chi connectivity index (χ2v) is 7.93. The van der Waals surface area contributed by atoms with Gasteiger partial charge in [0.2, 0.25) is 0 Å². The van der Waals surface area contributed by atoms with Crippen LogP contribution in [0.4, 0.5) is 4.79 Å². The number of aromatic hydroxyl groups is 1. The summed E-state index contributed by atoms with van der Waals surface area (Å²) < 4.78 is 11.6. The molecule has 2 N–H and O–H groups in total. The van der Waals surface area contributed by atoms with Gasteiger partial charge < -0.3 is 34.5 Å². The number of aliphatic hydroxyl groups excluding tert-OH is 1. The van der Waals surface area contributed by atoms with E-state index >= 15 is 0 Å². The molecule has 0 radical (unpaired) electrons. The van der Waals surface area contributed by atoms with Crippen LogP contribution in [-0.2, 0) is 11.3 Å². The first-order chi connectivity index (χ1) is 15.5. The Morgan fingerprint density at radius 1 is 1.12 bits per heavy atom. The number of piperidine rings is 1. The van der Waals surface area contributed by atoms with Gasteiger partial charge in [-0.15, -0.1) is 0 Å². The number of hydrogen-bond donors (Lipinski definition) is 2. The summed E-state index contributed by atoms with van der Waals surface area (Å²) in [7, 11) is 0. The fraction of sp³-hybridized carbons (Fsp3) is 0.320. The largest absolute Gasteiger partial charge is 0.530 e. The highest BCUT2D eigenvalue weighted by molar-refractivity contribution is 5.88. The van der Waals surface area contributed by atoms with Crippen molar-refractivity contribution in [3.8, 4) is 11.5 Å². The summed E-state index contributed by atoms with van der Waals surface area (Å²) in [4.78, 5) is 12.7. The van der Waals surface area contributed by atoms with Crippen LogP contribution in [0.3, 0.4) is 0 Å². The van der Waals surface area contributed by atoms with E-state index < -0.39 is 6.09 Å². The predicted octanol–water partition coefficient (Wildman–Crippen LogP) is 2.63. The molecule has 7 heteroatoms. The molecule has 7 nitrogen and oxygen atoms in total. The monoisotopic (exact) mass is 436 g/mol. The number of carbonyl (C=O) groups is 1. The van der Waals surface area contributed by atoms with Gasteiger partial charge in [-0.25, -0.2) is 0 Å². The lowest BCUT2D eigenvalue weighted by Gasteiger charge is -2.40. The second-order valence-electron chi connectivity index (χ2n) is 7.93. The van der Waals surface area contributed by atoms with Crippen LogP contribution in [0.5, 0.6) is 11.5 Å². The Balaban J connectivity index is 1.51. The molecule has 0 spiro atoms. The maximum atomic E-state index is 11.4.